The van der Waals surface area contributed by atoms with E-state index < -0.39 is 0 Å². The van der Waals surface area contributed by atoms with Gasteiger partial charge in [-0.2, -0.15) is 0 Å². The second-order valence-corrected chi connectivity index (χ2v) is 3.03. The van der Waals surface area contributed by atoms with Crippen molar-refractivity contribution in [1.82, 2.24) is 14.5 Å². The number of hydrogen-bond acceptors (Lipinski definition) is 2. The van der Waals surface area contributed by atoms with E-state index in [0.717, 1.165) is 11.0 Å². The number of fused-ring (bicyclic) bond motifs is 1. The molecular formula is C9H11N3. The third kappa shape index (κ3) is 0.763. The van der Waals surface area contributed by atoms with Gasteiger partial charge in [0, 0.05) is 12.7 Å². The molecule has 62 valence electrons. The van der Waals surface area contributed by atoms with Crippen molar-refractivity contribution in [1.29, 1.82) is 0 Å². The maximum absolute atomic E-state index is 4.23. The molecule has 0 radical (unpaired) electrons. The van der Waals surface area contributed by atoms with Gasteiger partial charge in [-0.05, 0) is 19.4 Å². The summed E-state index contributed by atoms with van der Waals surface area (Å²) in [5.41, 5.74) is 4.66. The summed E-state index contributed by atoms with van der Waals surface area (Å²) in [7, 11) is 2.04. The Balaban J connectivity index is 2.99. The molecule has 3 nitrogen and oxygen atoms in total. The van der Waals surface area contributed by atoms with E-state index in [1.165, 1.54) is 11.3 Å². The molecule has 2 aromatic rings. The zero-order chi connectivity index (χ0) is 8.72. The number of nitrogens with zero attached hydrogens (tertiary/aromatic N) is 3. The van der Waals surface area contributed by atoms with Gasteiger partial charge in [0.25, 0.3) is 0 Å². The summed E-state index contributed by atoms with van der Waals surface area (Å²) in [6, 6.07) is 0. The molecule has 0 unspecified atom stereocenters. The maximum atomic E-state index is 4.23. The van der Waals surface area contributed by atoms with Crippen LogP contribution in [0.4, 0.5) is 0 Å². The van der Waals surface area contributed by atoms with Crippen LogP contribution in [0, 0.1) is 13.8 Å². The van der Waals surface area contributed by atoms with Crippen LogP contribution in [-0.2, 0) is 7.05 Å². The molecule has 0 amide bonds. The number of aryl methyl sites for hydroxylation is 2. The standard InChI is InChI=1S/C9H11N3/c1-6-7(2)12(3)8-4-10-5-11-9(6)8/h4-5H,1-3H3. The number of aromatic nitrogens is 3. The van der Waals surface area contributed by atoms with Crippen molar-refractivity contribution in [2.24, 2.45) is 7.05 Å². The van der Waals surface area contributed by atoms with Gasteiger partial charge in [0.15, 0.2) is 0 Å². The Bertz CT molecular complexity index is 390. The van der Waals surface area contributed by atoms with Gasteiger partial charge >= 0.3 is 0 Å². The van der Waals surface area contributed by atoms with E-state index in [4.69, 9.17) is 0 Å². The first-order chi connectivity index (χ1) is 5.72. The Morgan fingerprint density at radius 3 is 2.75 bits per heavy atom. The van der Waals surface area contributed by atoms with Gasteiger partial charge in [0.2, 0.25) is 0 Å². The van der Waals surface area contributed by atoms with Crippen LogP contribution >= 0.6 is 0 Å². The van der Waals surface area contributed by atoms with Crippen molar-refractivity contribution >= 4 is 11.0 Å². The first-order valence-corrected chi connectivity index (χ1v) is 3.93. The Hall–Kier alpha value is -1.38. The second kappa shape index (κ2) is 2.30. The van der Waals surface area contributed by atoms with Crippen LogP contribution in [-0.4, -0.2) is 14.5 Å². The van der Waals surface area contributed by atoms with Crippen LogP contribution in [0.2, 0.25) is 0 Å². The molecule has 0 atom stereocenters. The Kier molecular flexibility index (Phi) is 1.40. The van der Waals surface area contributed by atoms with E-state index in [1.807, 2.05) is 13.2 Å². The highest BCUT2D eigenvalue weighted by atomic mass is 15.0. The lowest BCUT2D eigenvalue weighted by Crippen LogP contribution is -1.90. The van der Waals surface area contributed by atoms with E-state index in [9.17, 15) is 0 Å². The van der Waals surface area contributed by atoms with Crippen molar-refractivity contribution in [2.75, 3.05) is 0 Å². The first-order valence-electron chi connectivity index (χ1n) is 3.93. The summed E-state index contributed by atoms with van der Waals surface area (Å²) in [6.07, 6.45) is 3.44. The molecule has 2 rings (SSSR count). The van der Waals surface area contributed by atoms with Gasteiger partial charge in [-0.15, -0.1) is 0 Å². The predicted molar refractivity (Wildman–Crippen MR) is 48.0 cm³/mol. The fraction of sp³-hybridized carbons (Fsp3) is 0.333. The summed E-state index contributed by atoms with van der Waals surface area (Å²) < 4.78 is 2.12. The van der Waals surface area contributed by atoms with Crippen LogP contribution in [0.25, 0.3) is 11.0 Å². The topological polar surface area (TPSA) is 30.7 Å². The summed E-state index contributed by atoms with van der Waals surface area (Å²) >= 11 is 0. The SMILES string of the molecule is Cc1c(C)n(C)c2cncnc12. The summed E-state index contributed by atoms with van der Waals surface area (Å²) in [5.74, 6) is 0. The lowest BCUT2D eigenvalue weighted by atomic mass is 10.2. The first kappa shape index (κ1) is 7.28. The molecule has 0 saturated carbocycles. The van der Waals surface area contributed by atoms with E-state index in [-0.39, 0.29) is 0 Å². The van der Waals surface area contributed by atoms with E-state index in [0.29, 0.717) is 0 Å². The van der Waals surface area contributed by atoms with Crippen molar-refractivity contribution < 1.29 is 0 Å². The molecule has 2 aromatic heterocycles. The predicted octanol–water partition coefficient (Wildman–Crippen LogP) is 1.59. The molecule has 0 aromatic carbocycles. The highest BCUT2D eigenvalue weighted by Crippen LogP contribution is 2.19. The highest BCUT2D eigenvalue weighted by molar-refractivity contribution is 5.79. The molecule has 0 aliphatic carbocycles. The molecule has 0 aliphatic rings. The van der Waals surface area contributed by atoms with Crippen molar-refractivity contribution in [2.45, 2.75) is 13.8 Å². The summed E-state index contributed by atoms with van der Waals surface area (Å²) in [4.78, 5) is 8.23. The summed E-state index contributed by atoms with van der Waals surface area (Å²) in [6.45, 7) is 4.18. The van der Waals surface area contributed by atoms with Crippen molar-refractivity contribution in [3.8, 4) is 0 Å². The van der Waals surface area contributed by atoms with Gasteiger partial charge in [-0.25, -0.2) is 9.97 Å². The Morgan fingerprint density at radius 1 is 1.33 bits per heavy atom. The van der Waals surface area contributed by atoms with E-state index in [2.05, 4.69) is 28.4 Å². The molecule has 0 fully saturated rings. The molecule has 2 heterocycles. The molecule has 0 spiro atoms. The number of rotatable bonds is 0. The van der Waals surface area contributed by atoms with E-state index >= 15 is 0 Å². The fourth-order valence-corrected chi connectivity index (χ4v) is 1.46. The third-order valence-electron chi connectivity index (χ3n) is 2.46. The maximum Gasteiger partial charge on any atom is 0.116 e. The zero-order valence-corrected chi connectivity index (χ0v) is 7.50. The fourth-order valence-electron chi connectivity index (χ4n) is 1.46. The normalized spacial score (nSPS) is 10.9. The van der Waals surface area contributed by atoms with Gasteiger partial charge in [0.1, 0.15) is 6.33 Å². The average molecular weight is 161 g/mol. The number of hydrogen-bond donors (Lipinski definition) is 0. The molecule has 3 heteroatoms. The minimum atomic E-state index is 1.06. The van der Waals surface area contributed by atoms with Crippen LogP contribution < -0.4 is 0 Å². The molecule has 12 heavy (non-hydrogen) atoms. The monoisotopic (exact) mass is 161 g/mol. The molecule has 0 saturated heterocycles. The van der Waals surface area contributed by atoms with Crippen LogP contribution in [0.15, 0.2) is 12.5 Å². The molecular weight excluding hydrogens is 150 g/mol. The van der Waals surface area contributed by atoms with E-state index in [1.54, 1.807) is 6.33 Å². The van der Waals surface area contributed by atoms with Gasteiger partial charge in [-0.3, -0.25) is 0 Å². The zero-order valence-electron chi connectivity index (χ0n) is 7.50. The largest absolute Gasteiger partial charge is 0.345 e. The van der Waals surface area contributed by atoms with Crippen LogP contribution in [0.5, 0.6) is 0 Å². The minimum Gasteiger partial charge on any atom is -0.345 e. The highest BCUT2D eigenvalue weighted by Gasteiger charge is 2.07. The third-order valence-corrected chi connectivity index (χ3v) is 2.46. The Labute approximate surface area is 71.1 Å². The minimum absolute atomic E-state index is 1.06. The Morgan fingerprint density at radius 2 is 2.08 bits per heavy atom. The summed E-state index contributed by atoms with van der Waals surface area (Å²) in [5, 5.41) is 0. The second-order valence-electron chi connectivity index (χ2n) is 3.03. The van der Waals surface area contributed by atoms with Crippen LogP contribution in [0.1, 0.15) is 11.3 Å². The van der Waals surface area contributed by atoms with Gasteiger partial charge in [0.05, 0.1) is 17.2 Å². The lowest BCUT2D eigenvalue weighted by Gasteiger charge is -1.95. The smallest absolute Gasteiger partial charge is 0.116 e. The quantitative estimate of drug-likeness (QED) is 0.587. The van der Waals surface area contributed by atoms with Crippen molar-refractivity contribution in [3.05, 3.63) is 23.8 Å². The van der Waals surface area contributed by atoms with Crippen LogP contribution in [0.3, 0.4) is 0 Å². The molecule has 0 N–H and O–H groups in total. The molecule has 0 aliphatic heterocycles. The van der Waals surface area contributed by atoms with Gasteiger partial charge in [-0.1, -0.05) is 0 Å². The van der Waals surface area contributed by atoms with Gasteiger partial charge < -0.3 is 4.57 Å². The lowest BCUT2D eigenvalue weighted by molar-refractivity contribution is 0.907. The average Bonchev–Trinajstić information content (AvgIpc) is 2.33. The van der Waals surface area contributed by atoms with Crippen molar-refractivity contribution in [3.63, 3.8) is 0 Å². The molecule has 0 bridgehead atoms.